The molecule has 0 aromatic heterocycles. The molecule has 0 aromatic rings. The van der Waals surface area contributed by atoms with Gasteiger partial charge in [-0.15, -0.1) is 12.3 Å². The molecule has 0 bridgehead atoms. The van der Waals surface area contributed by atoms with Crippen LogP contribution in [0, 0.1) is 58.7 Å². The summed E-state index contributed by atoms with van der Waals surface area (Å²) < 4.78 is 0. The van der Waals surface area contributed by atoms with Crippen molar-refractivity contribution in [3.8, 4) is 12.3 Å². The van der Waals surface area contributed by atoms with Gasteiger partial charge in [0.05, 0.1) is 6.10 Å². The minimum atomic E-state index is -0.0873. The second-order valence-corrected chi connectivity index (χ2v) is 12.6. The quantitative estimate of drug-likeness (QED) is 0.327. The fourth-order valence-corrected chi connectivity index (χ4v) is 9.08. The third-order valence-electron chi connectivity index (χ3n) is 11.0. The summed E-state index contributed by atoms with van der Waals surface area (Å²) in [5.74, 6) is 8.06. The van der Waals surface area contributed by atoms with Crippen molar-refractivity contribution in [1.29, 1.82) is 0 Å². The van der Waals surface area contributed by atoms with Gasteiger partial charge in [0.2, 0.25) is 0 Å². The van der Waals surface area contributed by atoms with Crippen molar-refractivity contribution in [2.24, 2.45) is 46.3 Å². The molecule has 0 radical (unpaired) electrons. The van der Waals surface area contributed by atoms with Crippen LogP contribution in [0.1, 0.15) is 111 Å². The highest BCUT2D eigenvalue weighted by Gasteiger charge is 2.59. The third-order valence-corrected chi connectivity index (χ3v) is 11.0. The van der Waals surface area contributed by atoms with Gasteiger partial charge in [0.1, 0.15) is 0 Å². The van der Waals surface area contributed by atoms with Gasteiger partial charge >= 0.3 is 0 Å². The number of aliphatic hydroxyl groups is 1. The van der Waals surface area contributed by atoms with E-state index in [0.29, 0.717) is 10.8 Å². The molecule has 1 heteroatoms. The summed E-state index contributed by atoms with van der Waals surface area (Å²) in [6.07, 6.45) is 24.5. The lowest BCUT2D eigenvalue weighted by Crippen LogP contribution is -2.50. The Bertz CT molecular complexity index is 700. The van der Waals surface area contributed by atoms with E-state index in [2.05, 4.69) is 39.7 Å². The monoisotopic (exact) mass is 424 g/mol. The number of aliphatic hydroxyl groups excluding tert-OH is 1. The minimum absolute atomic E-state index is 0.0873. The molecular formula is C30H48O. The maximum absolute atomic E-state index is 10.2. The van der Waals surface area contributed by atoms with Crippen molar-refractivity contribution in [2.75, 3.05) is 0 Å². The lowest BCUT2D eigenvalue weighted by Gasteiger charge is -2.58. The Balaban J connectivity index is 1.40. The molecule has 1 nitrogen and oxygen atoms in total. The van der Waals surface area contributed by atoms with E-state index in [1.165, 1.54) is 64.2 Å². The Morgan fingerprint density at radius 3 is 2.65 bits per heavy atom. The molecule has 0 aromatic carbocycles. The van der Waals surface area contributed by atoms with Crippen LogP contribution >= 0.6 is 0 Å². The first-order valence-electron chi connectivity index (χ1n) is 13.6. The van der Waals surface area contributed by atoms with Crippen LogP contribution in [0.3, 0.4) is 0 Å². The van der Waals surface area contributed by atoms with Crippen molar-refractivity contribution in [3.05, 3.63) is 11.6 Å². The molecule has 174 valence electrons. The maximum atomic E-state index is 10.2. The lowest BCUT2D eigenvalue weighted by atomic mass is 9.47. The molecule has 0 amide bonds. The Kier molecular flexibility index (Phi) is 6.99. The van der Waals surface area contributed by atoms with Crippen LogP contribution in [0.4, 0.5) is 0 Å². The van der Waals surface area contributed by atoms with E-state index in [1.807, 2.05) is 0 Å². The first-order valence-corrected chi connectivity index (χ1v) is 13.6. The van der Waals surface area contributed by atoms with E-state index in [9.17, 15) is 5.11 Å². The standard InChI is InChI=1S/C30H48O/c1-6-7-9-21(2)10-8-11-22(3)26-14-15-27-25-13-12-23-20-24(31)16-18-29(23,4)28(25)17-19-30(26,27)5/h1,12,21-22,24-28,31H,7-11,13-20H2,2-5H3/t21?,22?,24-,25-,26+,27-,28-,29-,30+/m0/s1. The maximum Gasteiger partial charge on any atom is 0.0577 e. The predicted octanol–water partition coefficient (Wildman–Crippen LogP) is 7.78. The Morgan fingerprint density at radius 2 is 1.87 bits per heavy atom. The lowest BCUT2D eigenvalue weighted by molar-refractivity contribution is -0.0573. The number of allylic oxidation sites excluding steroid dienone is 1. The number of hydrogen-bond donors (Lipinski definition) is 1. The molecule has 4 aliphatic rings. The van der Waals surface area contributed by atoms with E-state index in [0.717, 1.165) is 54.8 Å². The second-order valence-electron chi connectivity index (χ2n) is 12.6. The van der Waals surface area contributed by atoms with Crippen LogP contribution < -0.4 is 0 Å². The first-order chi connectivity index (χ1) is 14.8. The zero-order valence-electron chi connectivity index (χ0n) is 20.8. The largest absolute Gasteiger partial charge is 0.393 e. The summed E-state index contributed by atoms with van der Waals surface area (Å²) in [5, 5.41) is 10.2. The minimum Gasteiger partial charge on any atom is -0.393 e. The van der Waals surface area contributed by atoms with Gasteiger partial charge in [0.25, 0.3) is 0 Å². The van der Waals surface area contributed by atoms with Crippen LogP contribution in [0.5, 0.6) is 0 Å². The fraction of sp³-hybridized carbons (Fsp3) is 0.867. The molecule has 31 heavy (non-hydrogen) atoms. The summed E-state index contributed by atoms with van der Waals surface area (Å²) in [5.41, 5.74) is 2.55. The van der Waals surface area contributed by atoms with Gasteiger partial charge in [-0.05, 0) is 104 Å². The molecule has 0 heterocycles. The zero-order chi connectivity index (χ0) is 22.2. The summed E-state index contributed by atoms with van der Waals surface area (Å²) in [4.78, 5) is 0. The molecule has 0 spiro atoms. The van der Waals surface area contributed by atoms with Crippen LogP contribution in [0.2, 0.25) is 0 Å². The van der Waals surface area contributed by atoms with Crippen molar-refractivity contribution in [3.63, 3.8) is 0 Å². The van der Waals surface area contributed by atoms with Crippen LogP contribution in [-0.4, -0.2) is 11.2 Å². The average Bonchev–Trinajstić information content (AvgIpc) is 3.10. The average molecular weight is 425 g/mol. The van der Waals surface area contributed by atoms with Gasteiger partial charge in [-0.25, -0.2) is 0 Å². The Labute approximate surface area is 192 Å². The van der Waals surface area contributed by atoms with E-state index >= 15 is 0 Å². The van der Waals surface area contributed by atoms with Gasteiger partial charge in [-0.2, -0.15) is 0 Å². The number of terminal acetylenes is 1. The Morgan fingerprint density at radius 1 is 1.06 bits per heavy atom. The van der Waals surface area contributed by atoms with Gasteiger partial charge in [-0.1, -0.05) is 58.6 Å². The van der Waals surface area contributed by atoms with Crippen LogP contribution in [0.15, 0.2) is 11.6 Å². The highest BCUT2D eigenvalue weighted by Crippen LogP contribution is 2.67. The molecule has 4 aliphatic carbocycles. The molecular weight excluding hydrogens is 376 g/mol. The van der Waals surface area contributed by atoms with Crippen LogP contribution in [-0.2, 0) is 0 Å². The molecule has 3 saturated carbocycles. The number of hydrogen-bond acceptors (Lipinski definition) is 1. The van der Waals surface area contributed by atoms with Gasteiger partial charge in [0, 0.05) is 6.42 Å². The molecule has 0 aliphatic heterocycles. The summed E-state index contributed by atoms with van der Waals surface area (Å²) in [6, 6.07) is 0. The van der Waals surface area contributed by atoms with Crippen molar-refractivity contribution < 1.29 is 5.11 Å². The van der Waals surface area contributed by atoms with Crippen LogP contribution in [0.25, 0.3) is 0 Å². The Hall–Kier alpha value is -0.740. The van der Waals surface area contributed by atoms with E-state index < -0.39 is 0 Å². The van der Waals surface area contributed by atoms with Crippen molar-refractivity contribution in [2.45, 2.75) is 117 Å². The molecule has 2 unspecified atom stereocenters. The molecule has 1 N–H and O–H groups in total. The van der Waals surface area contributed by atoms with Crippen molar-refractivity contribution >= 4 is 0 Å². The summed E-state index contributed by atoms with van der Waals surface area (Å²) in [7, 11) is 0. The van der Waals surface area contributed by atoms with Gasteiger partial charge in [-0.3, -0.25) is 0 Å². The topological polar surface area (TPSA) is 20.2 Å². The SMILES string of the molecule is C#CCCC(C)CCCC(C)[C@H]1CC[C@H]2[C@@H]3CC=C4C[C@@H](O)CC[C@]4(C)[C@H]3CC[C@]12C. The zero-order valence-corrected chi connectivity index (χ0v) is 20.8. The van der Waals surface area contributed by atoms with Crippen molar-refractivity contribution in [1.82, 2.24) is 0 Å². The first kappa shape index (κ1) is 23.4. The van der Waals surface area contributed by atoms with Gasteiger partial charge in [0.15, 0.2) is 0 Å². The number of rotatable bonds is 7. The molecule has 4 rings (SSSR count). The highest BCUT2D eigenvalue weighted by molar-refractivity contribution is 5.25. The molecule has 3 fully saturated rings. The fourth-order valence-electron chi connectivity index (χ4n) is 9.08. The van der Waals surface area contributed by atoms with E-state index in [4.69, 9.17) is 6.42 Å². The second kappa shape index (κ2) is 9.25. The number of fused-ring (bicyclic) bond motifs is 5. The van der Waals surface area contributed by atoms with E-state index in [-0.39, 0.29) is 6.10 Å². The van der Waals surface area contributed by atoms with E-state index in [1.54, 1.807) is 5.57 Å². The molecule has 9 atom stereocenters. The predicted molar refractivity (Wildman–Crippen MR) is 131 cm³/mol. The smallest absolute Gasteiger partial charge is 0.0577 e. The summed E-state index contributed by atoms with van der Waals surface area (Å²) in [6.45, 7) is 10.2. The third kappa shape index (κ3) is 4.28. The highest BCUT2D eigenvalue weighted by atomic mass is 16.3. The summed E-state index contributed by atoms with van der Waals surface area (Å²) >= 11 is 0. The molecule has 0 saturated heterocycles. The van der Waals surface area contributed by atoms with Gasteiger partial charge < -0.3 is 5.11 Å². The normalized spacial score (nSPS) is 43.7.